The molecule has 106 valence electrons. The van der Waals surface area contributed by atoms with Crippen molar-refractivity contribution in [2.45, 2.75) is 32.3 Å². The van der Waals surface area contributed by atoms with E-state index in [2.05, 4.69) is 22.9 Å². The highest BCUT2D eigenvalue weighted by molar-refractivity contribution is 9.12. The second-order valence-corrected chi connectivity index (χ2v) is 6.01. The van der Waals surface area contributed by atoms with Gasteiger partial charge in [0.25, 0.3) is 0 Å². The fourth-order valence-corrected chi connectivity index (χ4v) is 2.90. The van der Waals surface area contributed by atoms with E-state index >= 15 is 0 Å². The van der Waals surface area contributed by atoms with Crippen molar-refractivity contribution in [2.75, 3.05) is 0 Å². The number of Topliss-reactive ketones (excluding diaryl/α,β-unsaturated/α-hetero) is 1. The first kappa shape index (κ1) is 15.0. The van der Waals surface area contributed by atoms with Gasteiger partial charge in [-0.05, 0) is 40.4 Å². The Balaban J connectivity index is 2.24. The molecule has 2 rings (SSSR count). The van der Waals surface area contributed by atoms with Gasteiger partial charge in [-0.1, -0.05) is 37.3 Å². The summed E-state index contributed by atoms with van der Waals surface area (Å²) in [6.45, 7) is 3.64. The number of cyclic esters (lactones) is 1. The molecule has 20 heavy (non-hydrogen) atoms. The lowest BCUT2D eigenvalue weighted by Crippen LogP contribution is -2.27. The van der Waals surface area contributed by atoms with E-state index in [0.717, 1.165) is 5.56 Å². The molecule has 4 heteroatoms. The van der Waals surface area contributed by atoms with Gasteiger partial charge in [0.05, 0.1) is 0 Å². The average Bonchev–Trinajstić information content (AvgIpc) is 2.76. The molecule has 3 nitrogen and oxygen atoms in total. The number of benzene rings is 1. The van der Waals surface area contributed by atoms with Crippen LogP contribution in [0.3, 0.4) is 0 Å². The van der Waals surface area contributed by atoms with Crippen LogP contribution in [-0.4, -0.2) is 17.9 Å². The Morgan fingerprint density at radius 1 is 1.35 bits per heavy atom. The van der Waals surface area contributed by atoms with E-state index in [1.54, 1.807) is 13.0 Å². The highest BCUT2D eigenvalue weighted by Gasteiger charge is 2.35. The van der Waals surface area contributed by atoms with Gasteiger partial charge in [0.2, 0.25) is 0 Å². The van der Waals surface area contributed by atoms with Gasteiger partial charge in [-0.15, -0.1) is 0 Å². The molecule has 0 unspecified atom stereocenters. The molecule has 0 aliphatic carbocycles. The van der Waals surface area contributed by atoms with Gasteiger partial charge >= 0.3 is 5.97 Å². The third kappa shape index (κ3) is 3.37. The number of esters is 1. The number of carbonyl (C=O) groups is 2. The van der Waals surface area contributed by atoms with Gasteiger partial charge in [-0.2, -0.15) is 0 Å². The number of halogens is 1. The Bertz CT molecular complexity index is 536. The lowest BCUT2D eigenvalue weighted by molar-refractivity contribution is -0.142. The van der Waals surface area contributed by atoms with Gasteiger partial charge in [0.15, 0.2) is 0 Å². The lowest BCUT2D eigenvalue weighted by Gasteiger charge is -2.27. The number of hydrogen-bond donors (Lipinski definition) is 0. The van der Waals surface area contributed by atoms with E-state index < -0.39 is 0 Å². The van der Waals surface area contributed by atoms with E-state index in [0.29, 0.717) is 10.9 Å². The SMILES string of the molecule is CC(=O)C[C@H]([C@@H]1C=C(Br)C(=O)O1)[C@@H](C)c1ccccc1. The summed E-state index contributed by atoms with van der Waals surface area (Å²) in [5, 5.41) is 0. The Kier molecular flexibility index (Phi) is 4.76. The summed E-state index contributed by atoms with van der Waals surface area (Å²) in [5.74, 6) is -0.171. The normalized spacial score (nSPS) is 21.1. The summed E-state index contributed by atoms with van der Waals surface area (Å²) in [7, 11) is 0. The van der Waals surface area contributed by atoms with E-state index in [1.807, 2.05) is 30.3 Å². The quantitative estimate of drug-likeness (QED) is 0.771. The first-order valence-corrected chi connectivity index (χ1v) is 7.41. The number of carbonyl (C=O) groups excluding carboxylic acids is 2. The van der Waals surface area contributed by atoms with Crippen molar-refractivity contribution in [3.05, 3.63) is 46.5 Å². The van der Waals surface area contributed by atoms with Crippen LogP contribution in [0.2, 0.25) is 0 Å². The second kappa shape index (κ2) is 6.35. The zero-order chi connectivity index (χ0) is 14.7. The van der Waals surface area contributed by atoms with Crippen LogP contribution >= 0.6 is 15.9 Å². The van der Waals surface area contributed by atoms with Crippen LogP contribution < -0.4 is 0 Å². The Hall–Kier alpha value is -1.42. The van der Waals surface area contributed by atoms with Crippen LogP contribution in [0.1, 0.15) is 31.7 Å². The van der Waals surface area contributed by atoms with Crippen LogP contribution in [0, 0.1) is 5.92 Å². The highest BCUT2D eigenvalue weighted by atomic mass is 79.9. The molecule has 3 atom stereocenters. The summed E-state index contributed by atoms with van der Waals surface area (Å²) in [4.78, 5) is 23.0. The third-order valence-corrected chi connectivity index (χ3v) is 4.25. The van der Waals surface area contributed by atoms with Gasteiger partial charge in [0, 0.05) is 12.3 Å². The minimum atomic E-state index is -0.358. The fraction of sp³-hybridized carbons (Fsp3) is 0.375. The van der Waals surface area contributed by atoms with E-state index in [-0.39, 0.29) is 29.7 Å². The maximum Gasteiger partial charge on any atom is 0.345 e. The minimum absolute atomic E-state index is 0.0473. The zero-order valence-corrected chi connectivity index (χ0v) is 13.1. The van der Waals surface area contributed by atoms with Gasteiger partial charge in [0.1, 0.15) is 16.4 Å². The lowest BCUT2D eigenvalue weighted by atomic mass is 9.81. The molecule has 0 N–H and O–H groups in total. The summed E-state index contributed by atoms with van der Waals surface area (Å²) in [5.41, 5.74) is 1.14. The van der Waals surface area contributed by atoms with Crippen molar-refractivity contribution in [1.29, 1.82) is 0 Å². The number of ether oxygens (including phenoxy) is 1. The largest absolute Gasteiger partial charge is 0.454 e. The summed E-state index contributed by atoms with van der Waals surface area (Å²) >= 11 is 3.19. The predicted molar refractivity (Wildman–Crippen MR) is 80.5 cm³/mol. The van der Waals surface area contributed by atoms with Gasteiger partial charge in [-0.25, -0.2) is 4.79 Å². The first-order valence-electron chi connectivity index (χ1n) is 6.61. The van der Waals surface area contributed by atoms with E-state index in [9.17, 15) is 9.59 Å². The average molecular weight is 337 g/mol. The molecular formula is C16H17BrO3. The Morgan fingerprint density at radius 3 is 2.50 bits per heavy atom. The molecule has 0 aromatic heterocycles. The molecule has 0 radical (unpaired) electrons. The molecular weight excluding hydrogens is 320 g/mol. The monoisotopic (exact) mass is 336 g/mol. The van der Waals surface area contributed by atoms with Crippen molar-refractivity contribution >= 4 is 27.7 Å². The third-order valence-electron chi connectivity index (χ3n) is 3.66. The molecule has 0 fully saturated rings. The summed E-state index contributed by atoms with van der Waals surface area (Å²) < 4.78 is 5.79. The molecule has 1 heterocycles. The summed E-state index contributed by atoms with van der Waals surface area (Å²) in [6, 6.07) is 9.98. The molecule has 0 saturated carbocycles. The van der Waals surface area contributed by atoms with Crippen molar-refractivity contribution in [3.8, 4) is 0 Å². The van der Waals surface area contributed by atoms with Gasteiger partial charge in [-0.3, -0.25) is 0 Å². The molecule has 0 bridgehead atoms. The standard InChI is InChI=1S/C16H17BrO3/c1-10(18)8-13(15-9-14(17)16(19)20-15)11(2)12-6-4-3-5-7-12/h3-7,9,11,13,15H,8H2,1-2H3/t11-,13-,15-/m0/s1. The van der Waals surface area contributed by atoms with Crippen LogP contribution in [0.5, 0.6) is 0 Å². The van der Waals surface area contributed by atoms with E-state index in [1.165, 1.54) is 0 Å². The summed E-state index contributed by atoms with van der Waals surface area (Å²) in [6.07, 6.45) is 1.80. The highest BCUT2D eigenvalue weighted by Crippen LogP contribution is 2.35. The molecule has 0 amide bonds. The molecule has 0 spiro atoms. The van der Waals surface area contributed by atoms with Crippen molar-refractivity contribution in [1.82, 2.24) is 0 Å². The molecule has 1 aromatic carbocycles. The maximum absolute atomic E-state index is 11.5. The number of ketones is 1. The van der Waals surface area contributed by atoms with Gasteiger partial charge < -0.3 is 9.53 Å². The van der Waals surface area contributed by atoms with Crippen LogP contribution in [0.25, 0.3) is 0 Å². The number of hydrogen-bond acceptors (Lipinski definition) is 3. The predicted octanol–water partition coefficient (Wildman–Crippen LogP) is 3.59. The van der Waals surface area contributed by atoms with Crippen LogP contribution in [0.15, 0.2) is 40.9 Å². The van der Waals surface area contributed by atoms with Crippen LogP contribution in [0.4, 0.5) is 0 Å². The Morgan fingerprint density at radius 2 is 2.00 bits per heavy atom. The van der Waals surface area contributed by atoms with Crippen LogP contribution in [-0.2, 0) is 14.3 Å². The van der Waals surface area contributed by atoms with Crippen molar-refractivity contribution < 1.29 is 14.3 Å². The minimum Gasteiger partial charge on any atom is -0.454 e. The topological polar surface area (TPSA) is 43.4 Å². The molecule has 1 aliphatic heterocycles. The molecule has 1 aliphatic rings. The Labute approximate surface area is 127 Å². The first-order chi connectivity index (χ1) is 9.49. The molecule has 0 saturated heterocycles. The number of rotatable bonds is 5. The van der Waals surface area contributed by atoms with Crippen molar-refractivity contribution in [3.63, 3.8) is 0 Å². The van der Waals surface area contributed by atoms with E-state index in [4.69, 9.17) is 4.74 Å². The fourth-order valence-electron chi connectivity index (χ4n) is 2.55. The smallest absolute Gasteiger partial charge is 0.345 e. The zero-order valence-electron chi connectivity index (χ0n) is 11.5. The maximum atomic E-state index is 11.5. The second-order valence-electron chi connectivity index (χ2n) is 5.15. The van der Waals surface area contributed by atoms with Crippen molar-refractivity contribution in [2.24, 2.45) is 5.92 Å². The molecule has 1 aromatic rings.